The number of imide groups is 1. The maximum atomic E-state index is 12.3. The van der Waals surface area contributed by atoms with Crippen molar-refractivity contribution in [1.29, 1.82) is 0 Å². The lowest BCUT2D eigenvalue weighted by molar-refractivity contribution is -0.144. The third kappa shape index (κ3) is 3.90. The van der Waals surface area contributed by atoms with Crippen LogP contribution in [0, 0.1) is 5.92 Å². The molecule has 1 heterocycles. The molecule has 0 aromatic heterocycles. The van der Waals surface area contributed by atoms with E-state index in [1.54, 1.807) is 14.2 Å². The normalized spacial score (nSPS) is 20.9. The van der Waals surface area contributed by atoms with Crippen molar-refractivity contribution in [1.82, 2.24) is 4.90 Å². The van der Waals surface area contributed by atoms with Crippen LogP contribution >= 0.6 is 0 Å². The summed E-state index contributed by atoms with van der Waals surface area (Å²) in [5.41, 5.74) is -0.425. The molecule has 0 N–H and O–H groups in total. The fraction of sp³-hybridized carbons (Fsp3) is 0.857. The van der Waals surface area contributed by atoms with Crippen molar-refractivity contribution in [2.24, 2.45) is 5.92 Å². The summed E-state index contributed by atoms with van der Waals surface area (Å²) in [7, 11) is 1.26. The summed E-state index contributed by atoms with van der Waals surface area (Å²) in [6.07, 6.45) is 1.92. The Balaban J connectivity index is 2.55. The highest BCUT2D eigenvalue weighted by Crippen LogP contribution is 2.31. The standard InChI is InChI=1S/C14H27NO4Si/c1-14(2,3)15-12(16)10-11(13(15)17)8-7-9-20(6,18-4)19-5/h11H,7-10H2,1-6H3. The number of amides is 2. The number of nitrogens with zero attached hydrogens (tertiary/aromatic N) is 1. The zero-order valence-electron chi connectivity index (χ0n) is 13.5. The minimum atomic E-state index is -2.07. The molecule has 116 valence electrons. The molecule has 5 nitrogen and oxygen atoms in total. The molecule has 1 fully saturated rings. The molecule has 1 rings (SSSR count). The van der Waals surface area contributed by atoms with Crippen LogP contribution < -0.4 is 0 Å². The molecule has 0 aromatic carbocycles. The third-order valence-electron chi connectivity index (χ3n) is 3.96. The highest BCUT2D eigenvalue weighted by atomic mass is 28.4. The van der Waals surface area contributed by atoms with Gasteiger partial charge in [0.05, 0.1) is 0 Å². The second-order valence-electron chi connectivity index (χ2n) is 6.57. The predicted octanol–water partition coefficient (Wildman–Crippen LogP) is 2.31. The van der Waals surface area contributed by atoms with Crippen LogP contribution in [-0.4, -0.2) is 45.0 Å². The average Bonchev–Trinajstić information content (AvgIpc) is 2.63. The minimum Gasteiger partial charge on any atom is -0.398 e. The van der Waals surface area contributed by atoms with Crippen LogP contribution in [-0.2, 0) is 18.4 Å². The first-order chi connectivity index (χ1) is 9.14. The average molecular weight is 301 g/mol. The molecule has 0 radical (unpaired) electrons. The lowest BCUT2D eigenvalue weighted by Crippen LogP contribution is -2.45. The molecule has 0 aliphatic carbocycles. The Morgan fingerprint density at radius 1 is 1.25 bits per heavy atom. The summed E-state index contributed by atoms with van der Waals surface area (Å²) in [5, 5.41) is 0. The van der Waals surface area contributed by atoms with Crippen molar-refractivity contribution in [3.8, 4) is 0 Å². The number of carbonyl (C=O) groups excluding carboxylic acids is 2. The second kappa shape index (κ2) is 6.36. The monoisotopic (exact) mass is 301 g/mol. The smallest absolute Gasteiger partial charge is 0.334 e. The van der Waals surface area contributed by atoms with Crippen LogP contribution in [0.4, 0.5) is 0 Å². The van der Waals surface area contributed by atoms with Gasteiger partial charge in [0, 0.05) is 32.1 Å². The Kier molecular flexibility index (Phi) is 5.51. The molecule has 0 saturated carbocycles. The van der Waals surface area contributed by atoms with Crippen LogP contribution in [0.25, 0.3) is 0 Å². The summed E-state index contributed by atoms with van der Waals surface area (Å²) in [4.78, 5) is 25.7. The van der Waals surface area contributed by atoms with Gasteiger partial charge in [-0.05, 0) is 39.8 Å². The molecule has 1 atom stereocenters. The molecule has 1 aliphatic heterocycles. The van der Waals surface area contributed by atoms with Gasteiger partial charge in [0.15, 0.2) is 0 Å². The molecule has 0 aromatic rings. The lowest BCUT2D eigenvalue weighted by Gasteiger charge is -2.30. The Bertz CT molecular complexity index is 374. The maximum Gasteiger partial charge on any atom is 0.334 e. The van der Waals surface area contributed by atoms with Gasteiger partial charge in [0.2, 0.25) is 11.8 Å². The Labute approximate surface area is 122 Å². The molecule has 0 bridgehead atoms. The van der Waals surface area contributed by atoms with Crippen LogP contribution in [0.1, 0.15) is 40.0 Å². The van der Waals surface area contributed by atoms with Gasteiger partial charge in [-0.3, -0.25) is 14.5 Å². The van der Waals surface area contributed by atoms with Gasteiger partial charge in [-0.2, -0.15) is 0 Å². The molecule has 1 unspecified atom stereocenters. The SMILES string of the molecule is CO[Si](C)(CCCC1CC(=O)N(C(C)(C)C)C1=O)OC. The number of hydrogen-bond acceptors (Lipinski definition) is 4. The second-order valence-corrected chi connectivity index (χ2v) is 10.2. The van der Waals surface area contributed by atoms with Gasteiger partial charge in [-0.1, -0.05) is 6.42 Å². The van der Waals surface area contributed by atoms with E-state index in [1.807, 2.05) is 27.3 Å². The van der Waals surface area contributed by atoms with Gasteiger partial charge in [-0.25, -0.2) is 0 Å². The van der Waals surface area contributed by atoms with Gasteiger partial charge < -0.3 is 8.85 Å². The van der Waals surface area contributed by atoms with Crippen molar-refractivity contribution >= 4 is 20.4 Å². The predicted molar refractivity (Wildman–Crippen MR) is 79.4 cm³/mol. The van der Waals surface area contributed by atoms with Crippen molar-refractivity contribution < 1.29 is 18.4 Å². The maximum absolute atomic E-state index is 12.3. The number of likely N-dealkylation sites (tertiary alicyclic amines) is 1. The number of hydrogen-bond donors (Lipinski definition) is 0. The fourth-order valence-corrected chi connectivity index (χ4v) is 4.00. The summed E-state index contributed by atoms with van der Waals surface area (Å²) in [6.45, 7) is 7.69. The first kappa shape index (κ1) is 17.3. The summed E-state index contributed by atoms with van der Waals surface area (Å²) in [6, 6.07) is 0.841. The quantitative estimate of drug-likeness (QED) is 0.558. The zero-order chi connectivity index (χ0) is 15.6. The van der Waals surface area contributed by atoms with Crippen LogP contribution in [0.3, 0.4) is 0 Å². The minimum absolute atomic E-state index is 0.0271. The highest BCUT2D eigenvalue weighted by Gasteiger charge is 2.43. The Morgan fingerprint density at radius 3 is 2.20 bits per heavy atom. The molecule has 1 saturated heterocycles. The first-order valence-corrected chi connectivity index (χ1v) is 9.64. The molecule has 1 aliphatic rings. The molecular weight excluding hydrogens is 274 g/mol. The topological polar surface area (TPSA) is 55.8 Å². The van der Waals surface area contributed by atoms with Crippen molar-refractivity contribution in [3.05, 3.63) is 0 Å². The highest BCUT2D eigenvalue weighted by molar-refractivity contribution is 6.65. The number of rotatable bonds is 6. The van der Waals surface area contributed by atoms with Gasteiger partial charge >= 0.3 is 8.56 Å². The Hall–Kier alpha value is -0.723. The third-order valence-corrected chi connectivity index (χ3v) is 6.95. The fourth-order valence-electron chi connectivity index (χ4n) is 2.58. The van der Waals surface area contributed by atoms with Crippen molar-refractivity contribution in [2.45, 2.75) is 58.2 Å². The summed E-state index contributed by atoms with van der Waals surface area (Å²) >= 11 is 0. The van der Waals surface area contributed by atoms with Gasteiger partial charge in [0.25, 0.3) is 0 Å². The van der Waals surface area contributed by atoms with E-state index in [0.29, 0.717) is 6.42 Å². The van der Waals surface area contributed by atoms with Crippen LogP contribution in [0.2, 0.25) is 12.6 Å². The van der Waals surface area contributed by atoms with Crippen LogP contribution in [0.15, 0.2) is 0 Å². The van der Waals surface area contributed by atoms with Gasteiger partial charge in [0.1, 0.15) is 0 Å². The van der Waals surface area contributed by atoms with E-state index >= 15 is 0 Å². The van der Waals surface area contributed by atoms with Crippen molar-refractivity contribution in [2.75, 3.05) is 14.2 Å². The van der Waals surface area contributed by atoms with Gasteiger partial charge in [-0.15, -0.1) is 0 Å². The van der Waals surface area contributed by atoms with E-state index in [4.69, 9.17) is 8.85 Å². The first-order valence-electron chi connectivity index (χ1n) is 7.12. The van der Waals surface area contributed by atoms with E-state index in [1.165, 1.54) is 4.90 Å². The molecule has 20 heavy (non-hydrogen) atoms. The number of carbonyl (C=O) groups is 2. The summed E-state index contributed by atoms with van der Waals surface area (Å²) in [5.74, 6) is -0.250. The van der Waals surface area contributed by atoms with E-state index in [9.17, 15) is 9.59 Å². The van der Waals surface area contributed by atoms with E-state index in [0.717, 1.165) is 18.9 Å². The van der Waals surface area contributed by atoms with E-state index < -0.39 is 14.1 Å². The molecule has 0 spiro atoms. The van der Waals surface area contributed by atoms with E-state index in [-0.39, 0.29) is 17.7 Å². The molecule has 2 amide bonds. The Morgan fingerprint density at radius 2 is 1.80 bits per heavy atom. The van der Waals surface area contributed by atoms with E-state index in [2.05, 4.69) is 0 Å². The zero-order valence-corrected chi connectivity index (χ0v) is 14.5. The van der Waals surface area contributed by atoms with Crippen LogP contribution in [0.5, 0.6) is 0 Å². The molecular formula is C14H27NO4Si. The summed E-state index contributed by atoms with van der Waals surface area (Å²) < 4.78 is 10.9. The van der Waals surface area contributed by atoms with Crippen molar-refractivity contribution in [3.63, 3.8) is 0 Å². The molecule has 6 heteroatoms. The largest absolute Gasteiger partial charge is 0.398 e. The lowest BCUT2D eigenvalue weighted by atomic mass is 10.0.